The van der Waals surface area contributed by atoms with Crippen molar-refractivity contribution in [2.45, 2.75) is 0 Å². The van der Waals surface area contributed by atoms with Crippen LogP contribution in [0.3, 0.4) is 0 Å². The van der Waals surface area contributed by atoms with Crippen molar-refractivity contribution in [1.82, 2.24) is 9.80 Å². The Morgan fingerprint density at radius 3 is 2.26 bits per heavy atom. The highest BCUT2D eigenvalue weighted by molar-refractivity contribution is 5.80. The molecule has 0 aromatic carbocycles. The molecule has 0 N–H and O–H groups in total. The lowest BCUT2D eigenvalue weighted by molar-refractivity contribution is -0.124. The van der Waals surface area contributed by atoms with E-state index in [1.807, 2.05) is 4.90 Å². The fourth-order valence-electron chi connectivity index (χ4n) is 1.36. The highest BCUT2D eigenvalue weighted by atomic mass is 16.5. The summed E-state index contributed by atoms with van der Waals surface area (Å²) in [5, 5.41) is 17.0. The summed E-state index contributed by atoms with van der Waals surface area (Å²) in [4.78, 5) is 13.8. The van der Waals surface area contributed by atoms with Gasteiger partial charge in [-0.1, -0.05) is 18.7 Å². The van der Waals surface area contributed by atoms with Gasteiger partial charge in [-0.15, -0.1) is 19.9 Å². The van der Waals surface area contributed by atoms with E-state index in [1.165, 1.54) is 23.9 Å². The van der Waals surface area contributed by atoms with Gasteiger partial charge in [-0.05, 0) is 24.6 Å². The van der Waals surface area contributed by atoms with Crippen LogP contribution in [0.4, 0.5) is 0 Å². The van der Waals surface area contributed by atoms with Crippen LogP contribution in [0, 0.1) is 29.4 Å². The van der Waals surface area contributed by atoms with Gasteiger partial charge >= 0.3 is 0 Å². The zero-order chi connectivity index (χ0) is 17.5. The molecule has 6 heteroatoms. The van der Waals surface area contributed by atoms with Gasteiger partial charge < -0.3 is 14.5 Å². The monoisotopic (exact) mass is 311 g/mol. The fraction of sp³-hybridized carbons (Fsp3) is 0.176. The molecule has 0 radical (unpaired) electrons. The van der Waals surface area contributed by atoms with Gasteiger partial charge in [0.1, 0.15) is 17.7 Å². The molecule has 0 bridgehead atoms. The number of carbonyl (C=O) groups excluding carboxylic acids is 1. The summed E-state index contributed by atoms with van der Waals surface area (Å²) >= 11 is 0. The molecule has 0 spiro atoms. The molecule has 1 amide bonds. The highest BCUT2D eigenvalue weighted by Gasteiger charge is 2.06. The third-order valence-electron chi connectivity index (χ3n) is 2.41. The Kier molecular flexibility index (Phi) is 10.9. The number of nitriles is 2. The van der Waals surface area contributed by atoms with Gasteiger partial charge in [0.2, 0.25) is 5.91 Å². The molecule has 0 unspecified atom stereocenters. The lowest BCUT2D eigenvalue weighted by Crippen LogP contribution is -2.16. The van der Waals surface area contributed by atoms with E-state index >= 15 is 0 Å². The second-order valence-electron chi connectivity index (χ2n) is 4.08. The highest BCUT2D eigenvalue weighted by Crippen LogP contribution is 2.04. The molecule has 0 atom stereocenters. The van der Waals surface area contributed by atoms with Crippen LogP contribution in [0.15, 0.2) is 62.0 Å². The number of nitrogens with zero attached hydrogens (tertiary/aromatic N) is 4. The average Bonchev–Trinajstić information content (AvgIpc) is 2.98. The zero-order valence-electron chi connectivity index (χ0n) is 12.9. The first-order chi connectivity index (χ1) is 11.1. The third kappa shape index (κ3) is 8.71. The van der Waals surface area contributed by atoms with E-state index in [2.05, 4.69) is 24.5 Å². The predicted molar refractivity (Wildman–Crippen MR) is 87.7 cm³/mol. The molecule has 1 aliphatic heterocycles. The maximum absolute atomic E-state index is 10.5. The maximum Gasteiger partial charge on any atom is 0.222 e. The molecule has 1 heterocycles. The topological polar surface area (TPSA) is 80.4 Å². The molecular formula is C17H19N4O2-. The number of rotatable bonds is 7. The lowest BCUT2D eigenvalue weighted by atomic mass is 10.3. The molecule has 1 aliphatic rings. The minimum absolute atomic E-state index is 0.0694. The Morgan fingerprint density at radius 1 is 1.30 bits per heavy atom. The second-order valence-corrected chi connectivity index (χ2v) is 4.08. The number of hydrogen-bond donors (Lipinski definition) is 0. The van der Waals surface area contributed by atoms with E-state index in [0.717, 1.165) is 0 Å². The van der Waals surface area contributed by atoms with E-state index in [1.54, 1.807) is 36.6 Å². The number of hydrogen-bond acceptors (Lipinski definition) is 5. The maximum atomic E-state index is 10.5. The quantitative estimate of drug-likeness (QED) is 0.312. The molecular weight excluding hydrogens is 292 g/mol. The second kappa shape index (κ2) is 12.6. The molecule has 120 valence electrons. The van der Waals surface area contributed by atoms with Crippen molar-refractivity contribution in [3.05, 3.63) is 68.7 Å². The average molecular weight is 311 g/mol. The van der Waals surface area contributed by atoms with Crippen molar-refractivity contribution < 1.29 is 9.53 Å². The molecule has 1 fully saturated rings. The Hall–Kier alpha value is -3.09. The van der Waals surface area contributed by atoms with E-state index in [9.17, 15) is 4.79 Å². The molecule has 1 rings (SSSR count). The van der Waals surface area contributed by atoms with Gasteiger partial charge in [0.25, 0.3) is 0 Å². The number of allylic oxidation sites excluding steroid dienone is 3. The minimum Gasteiger partial charge on any atom is -0.524 e. The van der Waals surface area contributed by atoms with Crippen LogP contribution in [0.5, 0.6) is 0 Å². The standard InChI is InChI=1S/C12H13N3.C5H6NO2/c1-3-7-15(8-4-2)9-5-6-12(10-13)11-14;1-2-6-4-8-3-5(6)7/h3-6,9H,1-2,7-8H2;2,4H,1,3H2/q;-1. The summed E-state index contributed by atoms with van der Waals surface area (Å²) in [6, 6.07) is 3.56. The molecule has 0 aromatic rings. The van der Waals surface area contributed by atoms with Crippen molar-refractivity contribution in [3.8, 4) is 12.1 Å². The van der Waals surface area contributed by atoms with Crippen LogP contribution < -0.4 is 0 Å². The van der Waals surface area contributed by atoms with Crippen molar-refractivity contribution in [2.24, 2.45) is 0 Å². The van der Waals surface area contributed by atoms with Crippen LogP contribution >= 0.6 is 0 Å². The predicted octanol–water partition coefficient (Wildman–Crippen LogP) is 2.26. The summed E-state index contributed by atoms with van der Waals surface area (Å²) in [6.07, 6.45) is 9.88. The summed E-state index contributed by atoms with van der Waals surface area (Å²) in [5.41, 5.74) is 0.0865. The van der Waals surface area contributed by atoms with Gasteiger partial charge in [0.05, 0.1) is 6.61 Å². The van der Waals surface area contributed by atoms with Gasteiger partial charge in [-0.3, -0.25) is 4.79 Å². The smallest absolute Gasteiger partial charge is 0.222 e. The normalized spacial score (nSPS) is 12.4. The largest absolute Gasteiger partial charge is 0.524 e. The van der Waals surface area contributed by atoms with E-state index in [0.29, 0.717) is 13.1 Å². The molecule has 0 aromatic heterocycles. The van der Waals surface area contributed by atoms with Crippen LogP contribution in [-0.4, -0.2) is 35.4 Å². The van der Waals surface area contributed by atoms with Gasteiger partial charge in [-0.2, -0.15) is 10.5 Å². The van der Waals surface area contributed by atoms with Crippen LogP contribution in [0.25, 0.3) is 0 Å². The first-order valence-corrected chi connectivity index (χ1v) is 6.66. The molecule has 0 aliphatic carbocycles. The zero-order valence-corrected chi connectivity index (χ0v) is 12.9. The SMILES string of the molecule is C=CCN(C=CC=C(C#N)C#N)CC=C.C=CN1[CH-]OCC1=O. The summed E-state index contributed by atoms with van der Waals surface area (Å²) in [6.45, 7) is 13.5. The molecule has 0 saturated carbocycles. The number of ether oxygens (including phenoxy) is 1. The van der Waals surface area contributed by atoms with Gasteiger partial charge in [0, 0.05) is 13.1 Å². The van der Waals surface area contributed by atoms with Crippen molar-refractivity contribution in [2.75, 3.05) is 19.7 Å². The van der Waals surface area contributed by atoms with Crippen molar-refractivity contribution >= 4 is 5.91 Å². The van der Waals surface area contributed by atoms with Crippen LogP contribution in [-0.2, 0) is 9.53 Å². The summed E-state index contributed by atoms with van der Waals surface area (Å²) < 4.78 is 4.64. The van der Waals surface area contributed by atoms with Gasteiger partial charge in [-0.25, -0.2) is 0 Å². The minimum atomic E-state index is -0.0694. The van der Waals surface area contributed by atoms with Crippen LogP contribution in [0.2, 0.25) is 0 Å². The van der Waals surface area contributed by atoms with Crippen molar-refractivity contribution in [1.29, 1.82) is 10.5 Å². The Labute approximate surface area is 137 Å². The molecule has 23 heavy (non-hydrogen) atoms. The lowest BCUT2D eigenvalue weighted by Gasteiger charge is -2.15. The number of amides is 1. The molecule has 6 nitrogen and oxygen atoms in total. The van der Waals surface area contributed by atoms with Gasteiger partial charge in [0.15, 0.2) is 0 Å². The first kappa shape index (κ1) is 19.9. The Balaban J connectivity index is 0.000000502. The van der Waals surface area contributed by atoms with E-state index in [-0.39, 0.29) is 18.1 Å². The molecule has 1 saturated heterocycles. The fourth-order valence-corrected chi connectivity index (χ4v) is 1.36. The van der Waals surface area contributed by atoms with Crippen molar-refractivity contribution in [3.63, 3.8) is 0 Å². The summed E-state index contributed by atoms with van der Waals surface area (Å²) in [5.74, 6) is -0.0694. The van der Waals surface area contributed by atoms with E-state index < -0.39 is 0 Å². The Bertz CT molecular complexity index is 538. The Morgan fingerprint density at radius 2 is 1.91 bits per heavy atom. The summed E-state index contributed by atoms with van der Waals surface area (Å²) in [7, 11) is 0. The first-order valence-electron chi connectivity index (χ1n) is 6.66. The van der Waals surface area contributed by atoms with Crippen LogP contribution in [0.1, 0.15) is 0 Å². The van der Waals surface area contributed by atoms with E-state index in [4.69, 9.17) is 10.5 Å². The third-order valence-corrected chi connectivity index (χ3v) is 2.41. The number of carbonyl (C=O) groups is 1.